The van der Waals surface area contributed by atoms with Gasteiger partial charge in [-0.2, -0.15) is 0 Å². The summed E-state index contributed by atoms with van der Waals surface area (Å²) in [6, 6.07) is 20.0. The van der Waals surface area contributed by atoms with Gasteiger partial charge in [0.25, 0.3) is 0 Å². The summed E-state index contributed by atoms with van der Waals surface area (Å²) >= 11 is -0.438. The van der Waals surface area contributed by atoms with Crippen molar-refractivity contribution < 1.29 is 9.53 Å². The Balaban J connectivity index is 2.31. The van der Waals surface area contributed by atoms with Gasteiger partial charge in [-0.1, -0.05) is 0 Å². The van der Waals surface area contributed by atoms with Gasteiger partial charge >= 0.3 is 144 Å². The Morgan fingerprint density at radius 1 is 1.04 bits per heavy atom. The minimum absolute atomic E-state index is 0.301. The monoisotopic (exact) mass is 386 g/mol. The summed E-state index contributed by atoms with van der Waals surface area (Å²) in [5, 5.41) is 0. The molecule has 1 heterocycles. The van der Waals surface area contributed by atoms with Gasteiger partial charge in [0, 0.05) is 0 Å². The van der Waals surface area contributed by atoms with Crippen LogP contribution in [-0.4, -0.2) is 32.1 Å². The predicted octanol–water partition coefficient (Wildman–Crippen LogP) is 1.91. The number of benzene rings is 2. The van der Waals surface area contributed by atoms with Gasteiger partial charge in [-0.3, -0.25) is 0 Å². The van der Waals surface area contributed by atoms with Crippen LogP contribution in [-0.2, 0) is 4.74 Å². The molecule has 0 unspecified atom stereocenters. The third-order valence-electron chi connectivity index (χ3n) is 3.25. The normalized spacial score (nSPS) is 11.3. The summed E-state index contributed by atoms with van der Waals surface area (Å²) in [7, 11) is 1.31. The van der Waals surface area contributed by atoms with E-state index in [9.17, 15) is 9.59 Å². The topological polar surface area (TPSA) is 60.7 Å². The second-order valence-corrected chi connectivity index (χ2v) is 6.96. The Bertz CT molecular complexity index is 976. The quantitative estimate of drug-likeness (QED) is 0.511. The molecule has 1 aromatic heterocycles. The van der Waals surface area contributed by atoms with Crippen LogP contribution >= 0.6 is 0 Å². The SMILES string of the molecule is COC(=O)c1cc(=O)n(-c2ccccc2)c(=Nc2ccccc2)[se]1. The molecule has 3 rings (SSSR count). The molecular weight excluding hydrogens is 371 g/mol. The molecule has 0 radical (unpaired) electrons. The molecule has 0 aliphatic heterocycles. The van der Waals surface area contributed by atoms with Gasteiger partial charge in [0.05, 0.1) is 0 Å². The molecule has 24 heavy (non-hydrogen) atoms. The van der Waals surface area contributed by atoms with Gasteiger partial charge in [-0.15, -0.1) is 0 Å². The zero-order chi connectivity index (χ0) is 16.9. The standard InChI is InChI=1S/C18H14N2O3Se/c1-23-17(22)15-12-16(21)20(14-10-6-3-7-11-14)18(24-15)19-13-8-4-2-5-9-13/h2-12H,1H3. The summed E-state index contributed by atoms with van der Waals surface area (Å²) in [4.78, 5) is 29.0. The van der Waals surface area contributed by atoms with Crippen LogP contribution in [0.1, 0.15) is 9.23 Å². The Morgan fingerprint density at radius 3 is 2.29 bits per heavy atom. The van der Waals surface area contributed by atoms with Crippen molar-refractivity contribution in [2.24, 2.45) is 4.99 Å². The number of nitrogens with zero attached hydrogens (tertiary/aromatic N) is 2. The number of ether oxygens (including phenoxy) is 1. The van der Waals surface area contributed by atoms with E-state index in [1.807, 2.05) is 60.7 Å². The Kier molecular flexibility index (Phi) is 4.89. The van der Waals surface area contributed by atoms with Crippen molar-refractivity contribution in [1.29, 1.82) is 0 Å². The number of hydrogen-bond donors (Lipinski definition) is 0. The molecule has 0 aliphatic rings. The second-order valence-electron chi connectivity index (χ2n) is 4.84. The van der Waals surface area contributed by atoms with E-state index in [1.54, 1.807) is 4.57 Å². The minimum atomic E-state index is -0.489. The molecule has 0 amide bonds. The maximum absolute atomic E-state index is 12.6. The van der Waals surface area contributed by atoms with Crippen molar-refractivity contribution in [3.8, 4) is 5.69 Å². The first-order valence-corrected chi connectivity index (χ1v) is 8.91. The predicted molar refractivity (Wildman–Crippen MR) is 92.0 cm³/mol. The van der Waals surface area contributed by atoms with E-state index >= 15 is 0 Å². The van der Waals surface area contributed by atoms with Gasteiger partial charge in [0.1, 0.15) is 0 Å². The zero-order valence-corrected chi connectivity index (χ0v) is 14.6. The van der Waals surface area contributed by atoms with Crippen LogP contribution in [0.2, 0.25) is 0 Å². The van der Waals surface area contributed by atoms with Crippen LogP contribution in [0, 0.1) is 0 Å². The van der Waals surface area contributed by atoms with Gasteiger partial charge in [-0.05, 0) is 0 Å². The molecule has 0 N–H and O–H groups in total. The molecule has 3 aromatic rings. The van der Waals surface area contributed by atoms with E-state index in [0.717, 1.165) is 11.4 Å². The number of rotatable bonds is 3. The fraction of sp³-hybridized carbons (Fsp3) is 0.0556. The number of carbonyl (C=O) groups is 1. The number of carbonyl (C=O) groups excluding carboxylic acids is 1. The molecular formula is C18H14N2O3Se. The maximum atomic E-state index is 12.6. The van der Waals surface area contributed by atoms with Crippen LogP contribution < -0.4 is 9.92 Å². The molecule has 120 valence electrons. The van der Waals surface area contributed by atoms with Gasteiger partial charge in [0.2, 0.25) is 0 Å². The van der Waals surface area contributed by atoms with Crippen LogP contribution in [0.25, 0.3) is 5.69 Å². The zero-order valence-electron chi connectivity index (χ0n) is 12.9. The Labute approximate surface area is 144 Å². The second kappa shape index (κ2) is 7.25. The van der Waals surface area contributed by atoms with E-state index in [2.05, 4.69) is 4.99 Å². The van der Waals surface area contributed by atoms with Gasteiger partial charge < -0.3 is 0 Å². The Morgan fingerprint density at radius 2 is 1.67 bits per heavy atom. The van der Waals surface area contributed by atoms with Crippen molar-refractivity contribution in [3.05, 3.63) is 85.9 Å². The molecule has 6 heteroatoms. The van der Waals surface area contributed by atoms with E-state index in [1.165, 1.54) is 13.2 Å². The van der Waals surface area contributed by atoms with Crippen LogP contribution in [0.3, 0.4) is 0 Å². The van der Waals surface area contributed by atoms with E-state index in [-0.39, 0.29) is 5.56 Å². The van der Waals surface area contributed by atoms with Crippen molar-refractivity contribution in [3.63, 3.8) is 0 Å². The van der Waals surface area contributed by atoms with Gasteiger partial charge in [0.15, 0.2) is 0 Å². The van der Waals surface area contributed by atoms with Gasteiger partial charge in [-0.25, -0.2) is 0 Å². The van der Waals surface area contributed by atoms with Crippen LogP contribution in [0.5, 0.6) is 0 Å². The summed E-state index contributed by atoms with van der Waals surface area (Å²) in [6.45, 7) is 0. The number of hydrogen-bond acceptors (Lipinski definition) is 4. The van der Waals surface area contributed by atoms with Crippen LogP contribution in [0.4, 0.5) is 5.69 Å². The van der Waals surface area contributed by atoms with Crippen molar-refractivity contribution in [2.45, 2.75) is 0 Å². The number of esters is 1. The molecule has 2 aromatic carbocycles. The first-order chi connectivity index (χ1) is 11.7. The first-order valence-electron chi connectivity index (χ1n) is 7.20. The summed E-state index contributed by atoms with van der Waals surface area (Å²) < 4.78 is 7.21. The first kappa shape index (κ1) is 16.2. The van der Waals surface area contributed by atoms with Crippen molar-refractivity contribution in [2.75, 3.05) is 7.11 Å². The molecule has 5 nitrogen and oxygen atoms in total. The molecule has 0 aliphatic carbocycles. The average molecular weight is 385 g/mol. The third kappa shape index (κ3) is 3.45. The van der Waals surface area contributed by atoms with E-state index < -0.39 is 20.5 Å². The van der Waals surface area contributed by atoms with Crippen LogP contribution in [0.15, 0.2) is 76.5 Å². The molecule has 0 saturated heterocycles. The summed E-state index contributed by atoms with van der Waals surface area (Å²) in [5.41, 5.74) is 1.15. The molecule has 0 atom stereocenters. The summed E-state index contributed by atoms with van der Waals surface area (Å²) in [5.74, 6) is -0.489. The van der Waals surface area contributed by atoms with E-state index in [0.29, 0.717) is 8.80 Å². The molecule has 0 spiro atoms. The third-order valence-corrected chi connectivity index (χ3v) is 5.27. The average Bonchev–Trinajstić information content (AvgIpc) is 2.62. The fourth-order valence-corrected chi connectivity index (χ4v) is 4.16. The molecule has 0 bridgehead atoms. The number of para-hydroxylation sites is 2. The molecule has 0 saturated carbocycles. The number of aromatic nitrogens is 1. The fourth-order valence-electron chi connectivity index (χ4n) is 2.15. The molecule has 0 fully saturated rings. The number of methoxy groups -OCH3 is 1. The van der Waals surface area contributed by atoms with Crippen molar-refractivity contribution >= 4 is 26.2 Å². The van der Waals surface area contributed by atoms with E-state index in [4.69, 9.17) is 4.74 Å². The summed E-state index contributed by atoms with van der Waals surface area (Å²) in [6.07, 6.45) is 0. The van der Waals surface area contributed by atoms with Crippen molar-refractivity contribution in [1.82, 2.24) is 4.57 Å². The Hall–Kier alpha value is -2.69.